The van der Waals surface area contributed by atoms with Crippen molar-refractivity contribution in [2.75, 3.05) is 38.1 Å². The average molecular weight is 267 g/mol. The maximum Gasteiger partial charge on any atom is 0.152 e. The van der Waals surface area contributed by atoms with Crippen LogP contribution in [0.25, 0.3) is 0 Å². The van der Waals surface area contributed by atoms with E-state index in [2.05, 4.69) is 9.80 Å². The maximum absolute atomic E-state index is 11.0. The molecular formula is C14H19ClN2O. The normalized spacial score (nSPS) is 15.9. The van der Waals surface area contributed by atoms with Gasteiger partial charge in [-0.15, -0.1) is 0 Å². The van der Waals surface area contributed by atoms with Crippen molar-refractivity contribution in [3.63, 3.8) is 0 Å². The summed E-state index contributed by atoms with van der Waals surface area (Å²) in [7, 11) is 2.01. The molecule has 0 spiro atoms. The minimum atomic E-state index is 0.670. The van der Waals surface area contributed by atoms with Crippen LogP contribution in [0.2, 0.25) is 5.02 Å². The van der Waals surface area contributed by atoms with E-state index in [1.807, 2.05) is 13.1 Å². The second kappa shape index (κ2) is 6.21. The molecule has 0 saturated carbocycles. The van der Waals surface area contributed by atoms with Crippen molar-refractivity contribution in [2.24, 2.45) is 0 Å². The number of nitrogens with zero attached hydrogens (tertiary/aromatic N) is 2. The molecule has 1 heterocycles. The summed E-state index contributed by atoms with van der Waals surface area (Å²) in [5.74, 6) is 0. The quantitative estimate of drug-likeness (QED) is 0.766. The molecule has 1 aliphatic rings. The second-order valence-corrected chi connectivity index (χ2v) is 5.23. The van der Waals surface area contributed by atoms with E-state index in [-0.39, 0.29) is 0 Å². The van der Waals surface area contributed by atoms with Crippen LogP contribution >= 0.6 is 11.6 Å². The molecule has 1 aromatic rings. The van der Waals surface area contributed by atoms with Gasteiger partial charge >= 0.3 is 0 Å². The molecule has 1 saturated heterocycles. The first-order chi connectivity index (χ1) is 8.70. The number of likely N-dealkylation sites (N-methyl/N-ethyl adjacent to an activating group) is 1. The van der Waals surface area contributed by atoms with Crippen LogP contribution in [-0.2, 0) is 0 Å². The van der Waals surface area contributed by atoms with Crippen LogP contribution in [0.4, 0.5) is 5.69 Å². The molecule has 0 aliphatic carbocycles. The van der Waals surface area contributed by atoms with Crippen molar-refractivity contribution in [1.82, 2.24) is 4.90 Å². The van der Waals surface area contributed by atoms with E-state index in [1.165, 1.54) is 25.9 Å². The van der Waals surface area contributed by atoms with Gasteiger partial charge in [0, 0.05) is 36.4 Å². The standard InChI is InChI=1S/C14H19ClN2O/c1-16(8-9-17-6-2-3-7-17)14-10-13(15)5-4-12(14)11-18/h4-5,10-11H,2-3,6-9H2,1H3. The topological polar surface area (TPSA) is 23.6 Å². The van der Waals surface area contributed by atoms with Crippen molar-refractivity contribution in [3.8, 4) is 0 Å². The highest BCUT2D eigenvalue weighted by atomic mass is 35.5. The molecule has 0 bridgehead atoms. The first-order valence-corrected chi connectivity index (χ1v) is 6.77. The van der Waals surface area contributed by atoms with Crippen LogP contribution in [-0.4, -0.2) is 44.4 Å². The third kappa shape index (κ3) is 3.24. The van der Waals surface area contributed by atoms with Gasteiger partial charge in [-0.2, -0.15) is 0 Å². The Morgan fingerprint density at radius 1 is 1.39 bits per heavy atom. The number of carbonyl (C=O) groups excluding carboxylic acids is 1. The van der Waals surface area contributed by atoms with Gasteiger partial charge in [0.05, 0.1) is 0 Å². The van der Waals surface area contributed by atoms with Gasteiger partial charge in [-0.25, -0.2) is 0 Å². The van der Waals surface area contributed by atoms with E-state index in [0.717, 1.165) is 25.1 Å². The molecule has 1 fully saturated rings. The largest absolute Gasteiger partial charge is 0.373 e. The molecule has 0 amide bonds. The zero-order valence-electron chi connectivity index (χ0n) is 10.7. The number of aldehydes is 1. The molecule has 0 radical (unpaired) electrons. The summed E-state index contributed by atoms with van der Waals surface area (Å²) in [5, 5.41) is 0.670. The number of benzene rings is 1. The van der Waals surface area contributed by atoms with Crippen LogP contribution in [0.15, 0.2) is 18.2 Å². The lowest BCUT2D eigenvalue weighted by Gasteiger charge is -2.24. The summed E-state index contributed by atoms with van der Waals surface area (Å²) in [4.78, 5) is 15.6. The average Bonchev–Trinajstić information content (AvgIpc) is 2.89. The Bertz CT molecular complexity index is 416. The van der Waals surface area contributed by atoms with Crippen molar-refractivity contribution in [2.45, 2.75) is 12.8 Å². The molecule has 1 aliphatic heterocycles. The number of carbonyl (C=O) groups is 1. The fraction of sp³-hybridized carbons (Fsp3) is 0.500. The Hall–Kier alpha value is -1.06. The zero-order chi connectivity index (χ0) is 13.0. The molecule has 0 unspecified atom stereocenters. The van der Waals surface area contributed by atoms with E-state index in [9.17, 15) is 4.79 Å². The van der Waals surface area contributed by atoms with Gasteiger partial charge in [0.15, 0.2) is 6.29 Å². The van der Waals surface area contributed by atoms with E-state index < -0.39 is 0 Å². The fourth-order valence-electron chi connectivity index (χ4n) is 2.37. The molecule has 98 valence electrons. The van der Waals surface area contributed by atoms with Gasteiger partial charge in [0.1, 0.15) is 0 Å². The first-order valence-electron chi connectivity index (χ1n) is 6.39. The zero-order valence-corrected chi connectivity index (χ0v) is 11.5. The van der Waals surface area contributed by atoms with Gasteiger partial charge in [-0.05, 0) is 44.1 Å². The van der Waals surface area contributed by atoms with E-state index in [1.54, 1.807) is 12.1 Å². The second-order valence-electron chi connectivity index (χ2n) is 4.79. The van der Waals surface area contributed by atoms with Gasteiger partial charge in [0.2, 0.25) is 0 Å². The van der Waals surface area contributed by atoms with Crippen molar-refractivity contribution in [1.29, 1.82) is 0 Å². The summed E-state index contributed by atoms with van der Waals surface area (Å²) in [5.41, 5.74) is 1.61. The number of hydrogen-bond donors (Lipinski definition) is 0. The summed E-state index contributed by atoms with van der Waals surface area (Å²) >= 11 is 5.99. The molecule has 0 aromatic heterocycles. The molecule has 1 aromatic carbocycles. The summed E-state index contributed by atoms with van der Waals surface area (Å²) in [6.07, 6.45) is 3.50. The highest BCUT2D eigenvalue weighted by Crippen LogP contribution is 2.23. The summed E-state index contributed by atoms with van der Waals surface area (Å²) < 4.78 is 0. The molecular weight excluding hydrogens is 248 g/mol. The highest BCUT2D eigenvalue weighted by molar-refractivity contribution is 6.31. The SMILES string of the molecule is CN(CCN1CCCC1)c1cc(Cl)ccc1C=O. The van der Waals surface area contributed by atoms with E-state index in [0.29, 0.717) is 10.6 Å². The lowest BCUT2D eigenvalue weighted by Crippen LogP contribution is -2.31. The third-order valence-corrected chi connectivity index (χ3v) is 3.72. The van der Waals surface area contributed by atoms with Gasteiger partial charge < -0.3 is 9.80 Å². The van der Waals surface area contributed by atoms with Crippen LogP contribution in [0.5, 0.6) is 0 Å². The highest BCUT2D eigenvalue weighted by Gasteiger charge is 2.13. The smallest absolute Gasteiger partial charge is 0.152 e. The first kappa shape index (κ1) is 13.4. The molecule has 2 rings (SSSR count). The maximum atomic E-state index is 11.0. The lowest BCUT2D eigenvalue weighted by molar-refractivity contribution is 0.112. The molecule has 0 atom stereocenters. The summed E-state index contributed by atoms with van der Waals surface area (Å²) in [6.45, 7) is 4.36. The molecule has 3 nitrogen and oxygen atoms in total. The van der Waals surface area contributed by atoms with Crippen LogP contribution < -0.4 is 4.90 Å². The Kier molecular flexibility index (Phi) is 4.61. The van der Waals surface area contributed by atoms with Crippen molar-refractivity contribution < 1.29 is 4.79 Å². The number of hydrogen-bond acceptors (Lipinski definition) is 3. The number of likely N-dealkylation sites (tertiary alicyclic amines) is 1. The van der Waals surface area contributed by atoms with Crippen LogP contribution in [0, 0.1) is 0 Å². The Labute approximate surface area is 113 Å². The Balaban J connectivity index is 2.00. The van der Waals surface area contributed by atoms with E-state index >= 15 is 0 Å². The molecule has 18 heavy (non-hydrogen) atoms. The van der Waals surface area contributed by atoms with Crippen LogP contribution in [0.1, 0.15) is 23.2 Å². The number of halogens is 1. The third-order valence-electron chi connectivity index (χ3n) is 3.48. The predicted molar refractivity (Wildman–Crippen MR) is 75.8 cm³/mol. The van der Waals surface area contributed by atoms with Crippen molar-refractivity contribution >= 4 is 23.6 Å². The Morgan fingerprint density at radius 2 is 2.11 bits per heavy atom. The predicted octanol–water partition coefficient (Wildman–Crippen LogP) is 2.68. The van der Waals surface area contributed by atoms with E-state index in [4.69, 9.17) is 11.6 Å². The van der Waals surface area contributed by atoms with Gasteiger partial charge in [0.25, 0.3) is 0 Å². The minimum Gasteiger partial charge on any atom is -0.373 e. The number of rotatable bonds is 5. The monoisotopic (exact) mass is 266 g/mol. The van der Waals surface area contributed by atoms with Crippen LogP contribution in [0.3, 0.4) is 0 Å². The van der Waals surface area contributed by atoms with Gasteiger partial charge in [-0.1, -0.05) is 11.6 Å². The van der Waals surface area contributed by atoms with Crippen molar-refractivity contribution in [3.05, 3.63) is 28.8 Å². The molecule has 0 N–H and O–H groups in total. The lowest BCUT2D eigenvalue weighted by atomic mass is 10.2. The molecule has 4 heteroatoms. The summed E-state index contributed by atoms with van der Waals surface area (Å²) in [6, 6.07) is 5.38. The Morgan fingerprint density at radius 3 is 2.78 bits per heavy atom. The number of anilines is 1. The fourth-order valence-corrected chi connectivity index (χ4v) is 2.53. The van der Waals surface area contributed by atoms with Gasteiger partial charge in [-0.3, -0.25) is 4.79 Å². The minimum absolute atomic E-state index is 0.670.